The van der Waals surface area contributed by atoms with E-state index in [0.717, 1.165) is 51.4 Å². The summed E-state index contributed by atoms with van der Waals surface area (Å²) in [6.07, 6.45) is 67.5. The Labute approximate surface area is 422 Å². The third-order valence-corrected chi connectivity index (χ3v) is 13.7. The summed E-state index contributed by atoms with van der Waals surface area (Å²) < 4.78 is 23.7. The normalized spacial score (nSPS) is 14.4. The zero-order valence-electron chi connectivity index (χ0n) is 45.3. The highest BCUT2D eigenvalue weighted by Crippen LogP contribution is 2.43. The van der Waals surface area contributed by atoms with Crippen LogP contribution in [0.15, 0.2) is 60.8 Å². The molecule has 0 saturated carbocycles. The maximum absolute atomic E-state index is 13.0. The van der Waals surface area contributed by atoms with Gasteiger partial charge in [0.05, 0.1) is 39.9 Å². The topological polar surface area (TPSA) is 105 Å². The van der Waals surface area contributed by atoms with Crippen LogP contribution in [0, 0.1) is 0 Å². The molecule has 0 aliphatic rings. The highest BCUT2D eigenvalue weighted by atomic mass is 31.2. The smallest absolute Gasteiger partial charge is 0.387 e. The summed E-state index contributed by atoms with van der Waals surface area (Å²) in [4.78, 5) is 23.3. The number of aliphatic hydroxyl groups is 1. The molecule has 9 heteroatoms. The number of nitrogens with zero attached hydrogens (tertiary/aromatic N) is 1. The van der Waals surface area contributed by atoms with Crippen LogP contribution in [0.4, 0.5) is 0 Å². The van der Waals surface area contributed by atoms with Crippen LogP contribution in [0.5, 0.6) is 0 Å². The van der Waals surface area contributed by atoms with Gasteiger partial charge in [-0.05, 0) is 70.6 Å². The van der Waals surface area contributed by atoms with Crippen molar-refractivity contribution in [3.63, 3.8) is 0 Å². The summed E-state index contributed by atoms with van der Waals surface area (Å²) in [5.41, 5.74) is 0. The van der Waals surface area contributed by atoms with E-state index in [-0.39, 0.29) is 19.1 Å². The molecular weight excluding hydrogens is 864 g/mol. The number of likely N-dealkylation sites (N-methyl/N-ethyl adjacent to an activating group) is 1. The summed E-state index contributed by atoms with van der Waals surface area (Å²) in [6, 6.07) is -0.867. The predicted octanol–water partition coefficient (Wildman–Crippen LogP) is 17.3. The Balaban J connectivity index is 4.24. The van der Waals surface area contributed by atoms with Crippen LogP contribution in [-0.2, 0) is 18.4 Å². The minimum atomic E-state index is -4.36. The number of phosphoric ester groups is 1. The van der Waals surface area contributed by atoms with Crippen molar-refractivity contribution in [2.75, 3.05) is 40.9 Å². The fraction of sp³-hybridized carbons (Fsp3) is 0.814. The van der Waals surface area contributed by atoms with Gasteiger partial charge in [0.25, 0.3) is 0 Å². The first-order valence-electron chi connectivity index (χ1n) is 28.7. The molecule has 0 radical (unpaired) electrons. The van der Waals surface area contributed by atoms with Crippen LogP contribution in [0.3, 0.4) is 0 Å². The number of phosphoric acid groups is 1. The van der Waals surface area contributed by atoms with Crippen molar-refractivity contribution >= 4 is 13.7 Å². The van der Waals surface area contributed by atoms with E-state index in [4.69, 9.17) is 9.05 Å². The second-order valence-corrected chi connectivity index (χ2v) is 22.1. The van der Waals surface area contributed by atoms with Gasteiger partial charge in [-0.15, -0.1) is 0 Å². The predicted molar refractivity (Wildman–Crippen MR) is 295 cm³/mol. The zero-order chi connectivity index (χ0) is 49.9. The van der Waals surface area contributed by atoms with Crippen molar-refractivity contribution in [2.24, 2.45) is 0 Å². The maximum Gasteiger partial charge on any atom is 0.472 e. The minimum absolute atomic E-state index is 0.0544. The van der Waals surface area contributed by atoms with Crippen LogP contribution in [0.25, 0.3) is 0 Å². The number of quaternary nitrogens is 1. The number of carbonyl (C=O) groups excluding carboxylic acids is 1. The molecule has 0 rings (SSSR count). The van der Waals surface area contributed by atoms with Crippen LogP contribution < -0.4 is 5.32 Å². The van der Waals surface area contributed by atoms with E-state index >= 15 is 0 Å². The molecule has 3 unspecified atom stereocenters. The van der Waals surface area contributed by atoms with Crippen molar-refractivity contribution in [3.05, 3.63) is 60.8 Å². The Morgan fingerprint density at radius 3 is 1.28 bits per heavy atom. The number of unbranched alkanes of at least 4 members (excludes halogenated alkanes) is 31. The molecule has 68 heavy (non-hydrogen) atoms. The van der Waals surface area contributed by atoms with Gasteiger partial charge in [0.1, 0.15) is 13.2 Å². The lowest BCUT2D eigenvalue weighted by molar-refractivity contribution is -0.870. The first kappa shape index (κ1) is 66.2. The lowest BCUT2D eigenvalue weighted by Crippen LogP contribution is -2.45. The van der Waals surface area contributed by atoms with Crippen molar-refractivity contribution in [1.29, 1.82) is 0 Å². The number of carbonyl (C=O) groups is 1. The largest absolute Gasteiger partial charge is 0.472 e. The number of nitrogens with one attached hydrogen (secondary N) is 1. The summed E-state index contributed by atoms with van der Waals surface area (Å²) >= 11 is 0. The summed E-state index contributed by atoms with van der Waals surface area (Å²) in [5.74, 6) is -0.188. The van der Waals surface area contributed by atoms with E-state index in [9.17, 15) is 19.4 Å². The SMILES string of the molecule is CCCCCCC/C=C\C/C=C\C/C=C\CCCCCCCCCCCCCCC(=O)NC(COP(=O)(O)OCC[N+](C)(C)C)C(O)/C=C/CC/C=C/CCCCCCCCCCCCCCC. The molecule has 0 aromatic carbocycles. The van der Waals surface area contributed by atoms with Gasteiger partial charge in [0.2, 0.25) is 5.91 Å². The Bertz CT molecular complexity index is 1290. The van der Waals surface area contributed by atoms with Crippen LogP contribution in [0.1, 0.15) is 258 Å². The number of rotatable bonds is 52. The lowest BCUT2D eigenvalue weighted by atomic mass is 10.0. The third kappa shape index (κ3) is 52.0. The van der Waals surface area contributed by atoms with Crippen LogP contribution >= 0.6 is 7.82 Å². The lowest BCUT2D eigenvalue weighted by Gasteiger charge is -2.25. The quantitative estimate of drug-likeness (QED) is 0.0243. The van der Waals surface area contributed by atoms with E-state index in [0.29, 0.717) is 17.4 Å². The minimum Gasteiger partial charge on any atom is -0.387 e. The zero-order valence-corrected chi connectivity index (χ0v) is 46.2. The van der Waals surface area contributed by atoms with E-state index in [2.05, 4.69) is 67.8 Å². The van der Waals surface area contributed by atoms with Crippen molar-refractivity contribution in [2.45, 2.75) is 270 Å². The summed E-state index contributed by atoms with van der Waals surface area (Å²) in [5, 5.41) is 13.9. The van der Waals surface area contributed by atoms with Gasteiger partial charge >= 0.3 is 7.82 Å². The Morgan fingerprint density at radius 1 is 0.500 bits per heavy atom. The first-order chi connectivity index (χ1) is 33.0. The second kappa shape index (κ2) is 50.2. The van der Waals surface area contributed by atoms with Gasteiger partial charge in [-0.1, -0.05) is 242 Å². The molecule has 0 spiro atoms. The summed E-state index contributed by atoms with van der Waals surface area (Å²) in [7, 11) is 1.55. The van der Waals surface area contributed by atoms with Gasteiger partial charge in [0.15, 0.2) is 0 Å². The highest BCUT2D eigenvalue weighted by molar-refractivity contribution is 7.47. The molecular formula is C59H112N2O6P+. The van der Waals surface area contributed by atoms with E-state index in [1.165, 1.54) is 186 Å². The van der Waals surface area contributed by atoms with Gasteiger partial charge in [-0.2, -0.15) is 0 Å². The fourth-order valence-corrected chi connectivity index (χ4v) is 8.92. The van der Waals surface area contributed by atoms with Crippen LogP contribution in [0.2, 0.25) is 0 Å². The molecule has 0 heterocycles. The molecule has 0 saturated heterocycles. The molecule has 398 valence electrons. The average molecular weight is 977 g/mol. The number of hydrogen-bond donors (Lipinski definition) is 3. The molecule has 3 N–H and O–H groups in total. The number of amides is 1. The molecule has 8 nitrogen and oxygen atoms in total. The summed E-state index contributed by atoms with van der Waals surface area (Å²) in [6.45, 7) is 4.80. The number of aliphatic hydroxyl groups excluding tert-OH is 1. The highest BCUT2D eigenvalue weighted by Gasteiger charge is 2.27. The molecule has 0 fully saturated rings. The van der Waals surface area contributed by atoms with E-state index < -0.39 is 20.0 Å². The second-order valence-electron chi connectivity index (χ2n) is 20.7. The fourth-order valence-electron chi connectivity index (χ4n) is 8.18. The molecule has 0 aromatic heterocycles. The Hall–Kier alpha value is -1.80. The molecule has 0 bridgehead atoms. The maximum atomic E-state index is 13.0. The van der Waals surface area contributed by atoms with Gasteiger partial charge in [0, 0.05) is 6.42 Å². The first-order valence-corrected chi connectivity index (χ1v) is 30.2. The number of allylic oxidation sites excluding steroid dienone is 9. The van der Waals surface area contributed by atoms with Gasteiger partial charge < -0.3 is 19.8 Å². The van der Waals surface area contributed by atoms with Gasteiger partial charge in [-0.3, -0.25) is 13.8 Å². The molecule has 3 atom stereocenters. The van der Waals surface area contributed by atoms with E-state index in [1.54, 1.807) is 6.08 Å². The standard InChI is InChI=1S/C59H111N2O6P/c1-6-8-10-12-14-16-18-20-22-24-26-27-28-29-30-31-32-33-35-37-39-41-43-45-47-49-51-53-59(63)60-57(56-67-68(64,65)66-55-54-61(3,4)5)58(62)52-50-48-46-44-42-40-38-36-34-25-23-21-19-17-15-13-11-9-7-2/h18,20,24,26,28-29,42,44,50,52,57-58,62H,6-17,19,21-23,25,27,30-41,43,45-49,51,53-56H2,1-5H3,(H-,60,63,64,65)/p+1/b20-18-,26-24-,29-28-,44-42+,52-50+. The Kier molecular flexibility index (Phi) is 48.8. The van der Waals surface area contributed by atoms with E-state index in [1.807, 2.05) is 27.2 Å². The average Bonchev–Trinajstić information content (AvgIpc) is 3.30. The van der Waals surface area contributed by atoms with Crippen molar-refractivity contribution < 1.29 is 32.9 Å². The molecule has 0 aliphatic carbocycles. The van der Waals surface area contributed by atoms with Gasteiger partial charge in [-0.25, -0.2) is 4.57 Å². The molecule has 0 aromatic rings. The Morgan fingerprint density at radius 2 is 0.853 bits per heavy atom. The molecule has 0 aliphatic heterocycles. The van der Waals surface area contributed by atoms with Crippen molar-refractivity contribution in [3.8, 4) is 0 Å². The third-order valence-electron chi connectivity index (χ3n) is 12.7. The monoisotopic (exact) mass is 976 g/mol. The van der Waals surface area contributed by atoms with Crippen molar-refractivity contribution in [1.82, 2.24) is 5.32 Å². The molecule has 1 amide bonds. The van der Waals surface area contributed by atoms with Crippen LogP contribution in [-0.4, -0.2) is 73.4 Å². The number of hydrogen-bond acceptors (Lipinski definition) is 5.